The second kappa shape index (κ2) is 6.57. The zero-order valence-corrected chi connectivity index (χ0v) is 15.1. The Morgan fingerprint density at radius 1 is 1.00 bits per heavy atom. The van der Waals surface area contributed by atoms with Gasteiger partial charge in [-0.15, -0.1) is 0 Å². The van der Waals surface area contributed by atoms with E-state index < -0.39 is 5.91 Å². The first kappa shape index (κ1) is 16.8. The smallest absolute Gasteiger partial charge is 0.248 e. The van der Waals surface area contributed by atoms with Crippen molar-refractivity contribution in [3.8, 4) is 22.5 Å². The molecule has 0 spiro atoms. The molecular formula is C21H19N5O. The third-order valence-corrected chi connectivity index (χ3v) is 4.52. The summed E-state index contributed by atoms with van der Waals surface area (Å²) in [4.78, 5) is 22.4. The van der Waals surface area contributed by atoms with Crippen molar-refractivity contribution < 1.29 is 4.79 Å². The van der Waals surface area contributed by atoms with Crippen molar-refractivity contribution in [3.05, 3.63) is 72.7 Å². The van der Waals surface area contributed by atoms with E-state index in [2.05, 4.69) is 39.1 Å². The summed E-state index contributed by atoms with van der Waals surface area (Å²) in [6.45, 7) is 0. The van der Waals surface area contributed by atoms with E-state index in [1.807, 2.05) is 37.0 Å². The summed E-state index contributed by atoms with van der Waals surface area (Å²) in [5, 5.41) is 0. The standard InChI is InChI=1S/C21H19N5O/c1-25(2)17-8-6-14(7-9-17)19-11-24-20-12-23-18(13-26(19)20)15-4-3-5-16(10-15)21(22)27/h3-13H,1-2H3,(H2,22,27). The van der Waals surface area contributed by atoms with Crippen molar-refractivity contribution in [1.82, 2.24) is 14.4 Å². The Morgan fingerprint density at radius 3 is 2.48 bits per heavy atom. The summed E-state index contributed by atoms with van der Waals surface area (Å²) in [7, 11) is 4.03. The average molecular weight is 357 g/mol. The fourth-order valence-electron chi connectivity index (χ4n) is 3.01. The first-order valence-corrected chi connectivity index (χ1v) is 8.54. The lowest BCUT2D eigenvalue weighted by molar-refractivity contribution is 0.100. The minimum Gasteiger partial charge on any atom is -0.378 e. The monoisotopic (exact) mass is 357 g/mol. The van der Waals surface area contributed by atoms with Gasteiger partial charge in [-0.2, -0.15) is 0 Å². The predicted molar refractivity (Wildman–Crippen MR) is 107 cm³/mol. The molecule has 6 nitrogen and oxygen atoms in total. The topological polar surface area (TPSA) is 76.5 Å². The molecule has 27 heavy (non-hydrogen) atoms. The highest BCUT2D eigenvalue weighted by molar-refractivity contribution is 5.94. The summed E-state index contributed by atoms with van der Waals surface area (Å²) in [5.74, 6) is -0.456. The number of amides is 1. The highest BCUT2D eigenvalue weighted by atomic mass is 16.1. The number of anilines is 1. The molecule has 0 saturated carbocycles. The van der Waals surface area contributed by atoms with Crippen molar-refractivity contribution >= 4 is 17.2 Å². The van der Waals surface area contributed by atoms with E-state index in [9.17, 15) is 4.79 Å². The largest absolute Gasteiger partial charge is 0.378 e. The Hall–Kier alpha value is -3.67. The molecule has 0 saturated heterocycles. The quantitative estimate of drug-likeness (QED) is 0.608. The van der Waals surface area contributed by atoms with E-state index in [1.165, 1.54) is 0 Å². The lowest BCUT2D eigenvalue weighted by atomic mass is 10.1. The summed E-state index contributed by atoms with van der Waals surface area (Å²) in [6.07, 6.45) is 5.49. The molecule has 0 radical (unpaired) electrons. The molecule has 0 aliphatic carbocycles. The van der Waals surface area contributed by atoms with Gasteiger partial charge in [0.1, 0.15) is 0 Å². The van der Waals surface area contributed by atoms with Gasteiger partial charge in [0.15, 0.2) is 5.65 Å². The van der Waals surface area contributed by atoms with Gasteiger partial charge in [-0.1, -0.05) is 24.3 Å². The van der Waals surface area contributed by atoms with Crippen molar-refractivity contribution in [2.24, 2.45) is 5.73 Å². The van der Waals surface area contributed by atoms with Crippen molar-refractivity contribution in [2.45, 2.75) is 0 Å². The summed E-state index contributed by atoms with van der Waals surface area (Å²) in [6, 6.07) is 15.5. The van der Waals surface area contributed by atoms with E-state index in [0.717, 1.165) is 33.8 Å². The van der Waals surface area contributed by atoms with Gasteiger partial charge in [0.25, 0.3) is 0 Å². The second-order valence-corrected chi connectivity index (χ2v) is 6.53. The summed E-state index contributed by atoms with van der Waals surface area (Å²) in [5.41, 5.74) is 11.4. The van der Waals surface area contributed by atoms with Crippen molar-refractivity contribution in [1.29, 1.82) is 0 Å². The van der Waals surface area contributed by atoms with Gasteiger partial charge in [-0.25, -0.2) is 4.98 Å². The van der Waals surface area contributed by atoms with Crippen LogP contribution in [0.2, 0.25) is 0 Å². The molecule has 0 aliphatic heterocycles. The number of hydrogen-bond acceptors (Lipinski definition) is 4. The minimum absolute atomic E-state index is 0.456. The van der Waals surface area contributed by atoms with E-state index in [0.29, 0.717) is 5.56 Å². The molecule has 6 heteroatoms. The van der Waals surface area contributed by atoms with E-state index in [-0.39, 0.29) is 0 Å². The molecule has 2 N–H and O–H groups in total. The van der Waals surface area contributed by atoms with Crippen LogP contribution in [0, 0.1) is 0 Å². The predicted octanol–water partition coefficient (Wildman–Crippen LogP) is 3.23. The van der Waals surface area contributed by atoms with Gasteiger partial charge in [0.2, 0.25) is 5.91 Å². The number of fused-ring (bicyclic) bond motifs is 1. The average Bonchev–Trinajstić information content (AvgIpc) is 3.11. The number of aromatic nitrogens is 3. The second-order valence-electron chi connectivity index (χ2n) is 6.53. The third-order valence-electron chi connectivity index (χ3n) is 4.52. The number of benzene rings is 2. The number of nitrogens with two attached hydrogens (primary N) is 1. The number of hydrogen-bond donors (Lipinski definition) is 1. The van der Waals surface area contributed by atoms with Gasteiger partial charge >= 0.3 is 0 Å². The maximum atomic E-state index is 11.5. The van der Waals surface area contributed by atoms with Crippen LogP contribution in [0.1, 0.15) is 10.4 Å². The first-order chi connectivity index (χ1) is 13.0. The van der Waals surface area contributed by atoms with Crippen LogP contribution >= 0.6 is 0 Å². The third kappa shape index (κ3) is 3.13. The zero-order valence-electron chi connectivity index (χ0n) is 15.1. The molecule has 0 unspecified atom stereocenters. The normalized spacial score (nSPS) is 10.9. The molecule has 2 heterocycles. The summed E-state index contributed by atoms with van der Waals surface area (Å²) < 4.78 is 2.00. The molecule has 0 bridgehead atoms. The molecule has 4 aromatic rings. The van der Waals surface area contributed by atoms with Crippen LogP contribution in [0.5, 0.6) is 0 Å². The Kier molecular flexibility index (Phi) is 4.08. The van der Waals surface area contributed by atoms with Gasteiger partial charge in [-0.3, -0.25) is 14.2 Å². The highest BCUT2D eigenvalue weighted by Crippen LogP contribution is 2.25. The van der Waals surface area contributed by atoms with Crippen LogP contribution in [0.25, 0.3) is 28.2 Å². The molecular weight excluding hydrogens is 338 g/mol. The fraction of sp³-hybridized carbons (Fsp3) is 0.0952. The Balaban J connectivity index is 1.79. The Bertz CT molecular complexity index is 1130. The molecule has 4 rings (SSSR count). The van der Waals surface area contributed by atoms with Gasteiger partial charge < -0.3 is 10.6 Å². The Labute approximate surface area is 156 Å². The van der Waals surface area contributed by atoms with E-state index in [4.69, 9.17) is 5.73 Å². The number of carbonyl (C=O) groups excluding carboxylic acids is 1. The number of carbonyl (C=O) groups is 1. The van der Waals surface area contributed by atoms with Crippen molar-refractivity contribution in [3.63, 3.8) is 0 Å². The summed E-state index contributed by atoms with van der Waals surface area (Å²) >= 11 is 0. The van der Waals surface area contributed by atoms with Gasteiger partial charge in [-0.05, 0) is 24.3 Å². The number of imidazole rings is 1. The number of rotatable bonds is 4. The maximum Gasteiger partial charge on any atom is 0.248 e. The Morgan fingerprint density at radius 2 is 1.78 bits per heavy atom. The van der Waals surface area contributed by atoms with Crippen LogP contribution < -0.4 is 10.6 Å². The highest BCUT2D eigenvalue weighted by Gasteiger charge is 2.10. The van der Waals surface area contributed by atoms with E-state index >= 15 is 0 Å². The van der Waals surface area contributed by atoms with Crippen LogP contribution in [-0.2, 0) is 0 Å². The van der Waals surface area contributed by atoms with Crippen LogP contribution in [-0.4, -0.2) is 34.4 Å². The molecule has 2 aromatic heterocycles. The molecule has 1 amide bonds. The molecule has 0 aliphatic rings. The van der Waals surface area contributed by atoms with Gasteiger partial charge in [0, 0.05) is 42.7 Å². The van der Waals surface area contributed by atoms with Gasteiger partial charge in [0.05, 0.1) is 23.8 Å². The van der Waals surface area contributed by atoms with Crippen molar-refractivity contribution in [2.75, 3.05) is 19.0 Å². The molecule has 0 fully saturated rings. The maximum absolute atomic E-state index is 11.5. The lowest BCUT2D eigenvalue weighted by Crippen LogP contribution is -2.10. The zero-order chi connectivity index (χ0) is 19.0. The lowest BCUT2D eigenvalue weighted by Gasteiger charge is -2.12. The molecule has 2 aromatic carbocycles. The van der Waals surface area contributed by atoms with E-state index in [1.54, 1.807) is 24.4 Å². The fourth-order valence-corrected chi connectivity index (χ4v) is 3.01. The first-order valence-electron chi connectivity index (χ1n) is 8.54. The number of primary amides is 1. The minimum atomic E-state index is -0.456. The van der Waals surface area contributed by atoms with Crippen LogP contribution in [0.3, 0.4) is 0 Å². The molecule has 0 atom stereocenters. The SMILES string of the molecule is CN(C)c1ccc(-c2cnc3cnc(-c4cccc(C(N)=O)c4)cn23)cc1. The van der Waals surface area contributed by atoms with Crippen LogP contribution in [0.4, 0.5) is 5.69 Å². The number of nitrogens with zero attached hydrogens (tertiary/aromatic N) is 4. The van der Waals surface area contributed by atoms with Crippen LogP contribution in [0.15, 0.2) is 67.1 Å². The molecule has 134 valence electrons.